The highest BCUT2D eigenvalue weighted by Crippen LogP contribution is 2.06. The van der Waals surface area contributed by atoms with E-state index in [0.717, 1.165) is 0 Å². The summed E-state index contributed by atoms with van der Waals surface area (Å²) >= 11 is 0. The van der Waals surface area contributed by atoms with Crippen molar-refractivity contribution in [2.24, 2.45) is 0 Å². The summed E-state index contributed by atoms with van der Waals surface area (Å²) in [6.45, 7) is 6.60. The summed E-state index contributed by atoms with van der Waals surface area (Å²) in [5, 5.41) is 20.5. The van der Waals surface area contributed by atoms with Gasteiger partial charge in [0.1, 0.15) is 5.60 Å². The van der Waals surface area contributed by atoms with E-state index >= 15 is 0 Å². The molecule has 0 saturated heterocycles. The third kappa shape index (κ3) is 8.26. The molecule has 0 bridgehead atoms. The van der Waals surface area contributed by atoms with E-state index in [2.05, 4.69) is 5.32 Å². The standard InChI is InChI=1S/C11H21NO4/c1-8(14)5-6-9(7-13)12-10(15)16-11(2,3)4/h5-6,8-9,13-14H,7H2,1-4H3,(H,12,15)/b6-5-/t8-,9-/m1/s1. The van der Waals surface area contributed by atoms with Crippen molar-refractivity contribution in [3.8, 4) is 0 Å². The van der Waals surface area contributed by atoms with Crippen molar-refractivity contribution in [1.82, 2.24) is 5.32 Å². The summed E-state index contributed by atoms with van der Waals surface area (Å²) in [7, 11) is 0. The molecule has 0 heterocycles. The first-order valence-electron chi connectivity index (χ1n) is 5.21. The molecule has 0 unspecified atom stereocenters. The van der Waals surface area contributed by atoms with Crippen LogP contribution in [0.4, 0.5) is 4.79 Å². The third-order valence-corrected chi connectivity index (χ3v) is 1.52. The normalized spacial score (nSPS) is 15.9. The van der Waals surface area contributed by atoms with Gasteiger partial charge in [-0.05, 0) is 27.7 Å². The number of aliphatic hydroxyl groups is 2. The predicted octanol–water partition coefficient (Wildman–Crippen LogP) is 0.809. The highest BCUT2D eigenvalue weighted by Gasteiger charge is 2.17. The van der Waals surface area contributed by atoms with Gasteiger partial charge in [0, 0.05) is 0 Å². The Bertz CT molecular complexity index is 243. The van der Waals surface area contributed by atoms with E-state index in [0.29, 0.717) is 0 Å². The molecule has 0 aliphatic rings. The fraction of sp³-hybridized carbons (Fsp3) is 0.727. The number of hydrogen-bond acceptors (Lipinski definition) is 4. The molecule has 0 radical (unpaired) electrons. The van der Waals surface area contributed by atoms with Crippen LogP contribution in [-0.4, -0.2) is 40.7 Å². The molecule has 94 valence electrons. The number of aliphatic hydroxyl groups excluding tert-OH is 2. The molecule has 1 amide bonds. The van der Waals surface area contributed by atoms with Gasteiger partial charge >= 0.3 is 6.09 Å². The van der Waals surface area contributed by atoms with Crippen LogP contribution in [0.15, 0.2) is 12.2 Å². The second-order valence-corrected chi connectivity index (χ2v) is 4.56. The molecule has 0 aliphatic carbocycles. The van der Waals surface area contributed by atoms with Crippen molar-refractivity contribution in [2.45, 2.75) is 45.4 Å². The molecule has 5 heteroatoms. The van der Waals surface area contributed by atoms with Gasteiger partial charge in [-0.3, -0.25) is 0 Å². The van der Waals surface area contributed by atoms with Crippen molar-refractivity contribution in [3.05, 3.63) is 12.2 Å². The van der Waals surface area contributed by atoms with E-state index in [1.165, 1.54) is 12.2 Å². The van der Waals surface area contributed by atoms with Gasteiger partial charge in [-0.2, -0.15) is 0 Å². The molecular weight excluding hydrogens is 210 g/mol. The van der Waals surface area contributed by atoms with E-state index < -0.39 is 23.8 Å². The second kappa shape index (κ2) is 6.50. The van der Waals surface area contributed by atoms with Crippen LogP contribution >= 0.6 is 0 Å². The zero-order valence-electron chi connectivity index (χ0n) is 10.2. The summed E-state index contributed by atoms with van der Waals surface area (Å²) in [6, 6.07) is -0.551. The van der Waals surface area contributed by atoms with Crippen molar-refractivity contribution in [2.75, 3.05) is 6.61 Å². The highest BCUT2D eigenvalue weighted by molar-refractivity contribution is 5.68. The Morgan fingerprint density at radius 1 is 1.44 bits per heavy atom. The van der Waals surface area contributed by atoms with E-state index in [1.54, 1.807) is 27.7 Å². The Hall–Kier alpha value is -1.07. The van der Waals surface area contributed by atoms with Crippen LogP contribution in [0, 0.1) is 0 Å². The minimum absolute atomic E-state index is 0.248. The van der Waals surface area contributed by atoms with Crippen LogP contribution in [-0.2, 0) is 4.74 Å². The first kappa shape index (κ1) is 14.9. The topological polar surface area (TPSA) is 78.8 Å². The zero-order valence-corrected chi connectivity index (χ0v) is 10.2. The van der Waals surface area contributed by atoms with Crippen LogP contribution in [0.3, 0.4) is 0 Å². The summed E-state index contributed by atoms with van der Waals surface area (Å²) in [6.07, 6.45) is 1.80. The summed E-state index contributed by atoms with van der Waals surface area (Å²) in [5.74, 6) is 0. The van der Waals surface area contributed by atoms with Gasteiger partial charge in [-0.1, -0.05) is 12.2 Å². The quantitative estimate of drug-likeness (QED) is 0.626. The van der Waals surface area contributed by atoms with Gasteiger partial charge in [-0.15, -0.1) is 0 Å². The fourth-order valence-electron chi connectivity index (χ4n) is 0.908. The lowest BCUT2D eigenvalue weighted by molar-refractivity contribution is 0.0497. The van der Waals surface area contributed by atoms with Crippen LogP contribution in [0.25, 0.3) is 0 Å². The largest absolute Gasteiger partial charge is 0.444 e. The molecule has 0 aromatic carbocycles. The van der Waals surface area contributed by atoms with E-state index in [-0.39, 0.29) is 6.61 Å². The number of ether oxygens (including phenoxy) is 1. The van der Waals surface area contributed by atoms with Crippen molar-refractivity contribution in [3.63, 3.8) is 0 Å². The number of hydrogen-bond donors (Lipinski definition) is 3. The molecule has 0 spiro atoms. The lowest BCUT2D eigenvalue weighted by Crippen LogP contribution is -2.40. The molecule has 0 rings (SSSR count). The molecule has 0 fully saturated rings. The molecular formula is C11H21NO4. The fourth-order valence-corrected chi connectivity index (χ4v) is 0.908. The molecule has 0 aliphatic heterocycles. The Balaban J connectivity index is 4.18. The van der Waals surface area contributed by atoms with Gasteiger partial charge in [0.25, 0.3) is 0 Å². The molecule has 5 nitrogen and oxygen atoms in total. The molecule has 0 aromatic heterocycles. The second-order valence-electron chi connectivity index (χ2n) is 4.56. The van der Waals surface area contributed by atoms with Gasteiger partial charge < -0.3 is 20.3 Å². The lowest BCUT2D eigenvalue weighted by Gasteiger charge is -2.21. The van der Waals surface area contributed by atoms with Crippen molar-refractivity contribution >= 4 is 6.09 Å². The molecule has 0 aromatic rings. The van der Waals surface area contributed by atoms with Crippen LogP contribution in [0.1, 0.15) is 27.7 Å². The predicted molar refractivity (Wildman–Crippen MR) is 61.1 cm³/mol. The Labute approximate surface area is 96.1 Å². The van der Waals surface area contributed by atoms with Crippen molar-refractivity contribution in [1.29, 1.82) is 0 Å². The molecule has 3 N–H and O–H groups in total. The number of nitrogens with one attached hydrogen (secondary N) is 1. The molecule has 0 saturated carbocycles. The minimum atomic E-state index is -0.616. The van der Waals surface area contributed by atoms with Crippen LogP contribution < -0.4 is 5.32 Å². The Kier molecular flexibility index (Phi) is 6.06. The van der Waals surface area contributed by atoms with Gasteiger partial charge in [0.15, 0.2) is 0 Å². The number of carbonyl (C=O) groups is 1. The summed E-state index contributed by atoms with van der Waals surface area (Å²) < 4.78 is 5.02. The van der Waals surface area contributed by atoms with Gasteiger partial charge in [0.2, 0.25) is 0 Å². The lowest BCUT2D eigenvalue weighted by atomic mass is 10.2. The first-order chi connectivity index (χ1) is 7.24. The Morgan fingerprint density at radius 3 is 2.38 bits per heavy atom. The average Bonchev–Trinajstić information content (AvgIpc) is 2.08. The Morgan fingerprint density at radius 2 is 2.00 bits per heavy atom. The third-order valence-electron chi connectivity index (χ3n) is 1.52. The number of carbonyl (C=O) groups excluding carboxylic acids is 1. The monoisotopic (exact) mass is 231 g/mol. The van der Waals surface area contributed by atoms with Crippen LogP contribution in [0.5, 0.6) is 0 Å². The first-order valence-corrected chi connectivity index (χ1v) is 5.21. The van der Waals surface area contributed by atoms with Crippen LogP contribution in [0.2, 0.25) is 0 Å². The maximum atomic E-state index is 11.3. The maximum absolute atomic E-state index is 11.3. The van der Waals surface area contributed by atoms with Gasteiger partial charge in [0.05, 0.1) is 18.8 Å². The highest BCUT2D eigenvalue weighted by atomic mass is 16.6. The number of rotatable bonds is 4. The SMILES string of the molecule is C[C@@H](O)/C=C\[C@H](CO)NC(=O)OC(C)(C)C. The molecule has 2 atom stereocenters. The number of amides is 1. The average molecular weight is 231 g/mol. The summed E-state index contributed by atoms with van der Waals surface area (Å²) in [4.78, 5) is 11.3. The summed E-state index contributed by atoms with van der Waals surface area (Å²) in [5.41, 5.74) is -0.571. The van der Waals surface area contributed by atoms with E-state index in [4.69, 9.17) is 14.9 Å². The molecule has 16 heavy (non-hydrogen) atoms. The van der Waals surface area contributed by atoms with Gasteiger partial charge in [-0.25, -0.2) is 4.79 Å². The van der Waals surface area contributed by atoms with E-state index in [9.17, 15) is 4.79 Å². The smallest absolute Gasteiger partial charge is 0.408 e. The zero-order chi connectivity index (χ0) is 12.8. The minimum Gasteiger partial charge on any atom is -0.444 e. The number of alkyl carbamates (subject to hydrolysis) is 1. The maximum Gasteiger partial charge on any atom is 0.408 e. The van der Waals surface area contributed by atoms with E-state index in [1.807, 2.05) is 0 Å². The van der Waals surface area contributed by atoms with Crippen molar-refractivity contribution < 1.29 is 19.7 Å².